The van der Waals surface area contributed by atoms with E-state index in [1.165, 1.54) is 17.6 Å². The van der Waals surface area contributed by atoms with E-state index in [2.05, 4.69) is 38.7 Å². The molecule has 2 nitrogen and oxygen atoms in total. The Bertz CT molecular complexity index is 1280. The maximum Gasteiger partial charge on any atom is 0.133 e. The Morgan fingerprint density at radius 1 is 1.07 bits per heavy atom. The molecule has 40 heavy (non-hydrogen) atoms. The Morgan fingerprint density at radius 2 is 1.73 bits per heavy atom. The number of rotatable bonds is 7. The van der Waals surface area contributed by atoms with Crippen LogP contribution in [0.15, 0.2) is 120 Å². The molecular weight excluding hydrogens is 495 g/mol. The van der Waals surface area contributed by atoms with Crippen LogP contribution in [-0.4, -0.2) is 22.5 Å². The minimum absolute atomic E-state index is 0.108. The highest BCUT2D eigenvalue weighted by Gasteiger charge is 2.45. The number of fused-ring (bicyclic) bond motifs is 1. The summed E-state index contributed by atoms with van der Waals surface area (Å²) in [6.07, 6.45) is 14.9. The fraction of sp³-hybridized carbons (Fsp3) is 0.405. The van der Waals surface area contributed by atoms with Crippen molar-refractivity contribution in [1.29, 1.82) is 0 Å². The van der Waals surface area contributed by atoms with Crippen LogP contribution in [0, 0.1) is 17.3 Å². The number of alkyl halides is 1. The van der Waals surface area contributed by atoms with Gasteiger partial charge in [0.05, 0.1) is 6.10 Å². The summed E-state index contributed by atoms with van der Waals surface area (Å²) in [5.74, 6) is 0.813. The normalized spacial score (nSPS) is 30.1. The van der Waals surface area contributed by atoms with Crippen molar-refractivity contribution in [2.75, 3.05) is 0 Å². The minimum atomic E-state index is -1.18. The molecule has 0 aliphatic heterocycles. The summed E-state index contributed by atoms with van der Waals surface area (Å²) in [4.78, 5) is 0. The van der Waals surface area contributed by atoms with E-state index in [0.29, 0.717) is 23.8 Å². The van der Waals surface area contributed by atoms with Gasteiger partial charge in [-0.2, -0.15) is 0 Å². The molecule has 2 N–H and O–H groups in total. The molecule has 2 aromatic rings. The summed E-state index contributed by atoms with van der Waals surface area (Å²) in [7, 11) is 0. The molecule has 3 heteroatoms. The van der Waals surface area contributed by atoms with E-state index in [9.17, 15) is 14.6 Å². The van der Waals surface area contributed by atoms with E-state index in [0.717, 1.165) is 42.4 Å². The van der Waals surface area contributed by atoms with Crippen molar-refractivity contribution in [2.45, 2.75) is 76.7 Å². The third kappa shape index (κ3) is 5.60. The predicted molar refractivity (Wildman–Crippen MR) is 162 cm³/mol. The largest absolute Gasteiger partial charge is 0.393 e. The topological polar surface area (TPSA) is 40.5 Å². The van der Waals surface area contributed by atoms with Crippen molar-refractivity contribution in [3.63, 3.8) is 0 Å². The number of hydrogen-bond acceptors (Lipinski definition) is 2. The van der Waals surface area contributed by atoms with E-state index >= 15 is 0 Å². The number of halogens is 1. The third-order valence-electron chi connectivity index (χ3n) is 9.64. The summed E-state index contributed by atoms with van der Waals surface area (Å²) in [6.45, 7) is 8.68. The van der Waals surface area contributed by atoms with Crippen LogP contribution in [0.2, 0.25) is 0 Å². The SMILES string of the molecule is C=C1/C(=C\C=C2/CCCC3(C)C(C(C)C/C=C/C(O)(c4ccccc4)c4ccccc4)=CCC23)CC(O)CC1F. The van der Waals surface area contributed by atoms with E-state index in [1.54, 1.807) is 0 Å². The second kappa shape index (κ2) is 11.8. The number of allylic oxidation sites excluding steroid dienone is 7. The molecule has 0 bridgehead atoms. The zero-order chi connectivity index (χ0) is 28.3. The van der Waals surface area contributed by atoms with E-state index in [4.69, 9.17) is 0 Å². The molecular formula is C37H43FO2. The van der Waals surface area contributed by atoms with Gasteiger partial charge in [0, 0.05) is 6.42 Å². The Labute approximate surface area is 239 Å². The lowest BCUT2D eigenvalue weighted by molar-refractivity contribution is 0.124. The quantitative estimate of drug-likeness (QED) is 0.347. The van der Waals surface area contributed by atoms with Gasteiger partial charge in [0.1, 0.15) is 11.8 Å². The van der Waals surface area contributed by atoms with Gasteiger partial charge in [0.25, 0.3) is 0 Å². The van der Waals surface area contributed by atoms with Crippen molar-refractivity contribution >= 4 is 0 Å². The molecule has 2 fully saturated rings. The maximum absolute atomic E-state index is 14.3. The van der Waals surface area contributed by atoms with Crippen LogP contribution in [-0.2, 0) is 5.60 Å². The Hall–Kier alpha value is -3.01. The zero-order valence-corrected chi connectivity index (χ0v) is 23.9. The van der Waals surface area contributed by atoms with Gasteiger partial charge in [0.15, 0.2) is 0 Å². The summed E-state index contributed by atoms with van der Waals surface area (Å²) in [6, 6.07) is 19.7. The molecule has 0 saturated heterocycles. The van der Waals surface area contributed by atoms with Crippen LogP contribution in [0.25, 0.3) is 0 Å². The summed E-state index contributed by atoms with van der Waals surface area (Å²) in [5.41, 5.74) is 4.98. The minimum Gasteiger partial charge on any atom is -0.393 e. The number of aliphatic hydroxyl groups is 2. The predicted octanol–water partition coefficient (Wildman–Crippen LogP) is 8.54. The van der Waals surface area contributed by atoms with Gasteiger partial charge in [-0.05, 0) is 84.1 Å². The Morgan fingerprint density at radius 3 is 2.38 bits per heavy atom. The van der Waals surface area contributed by atoms with Crippen LogP contribution >= 0.6 is 0 Å². The van der Waals surface area contributed by atoms with Gasteiger partial charge in [0.2, 0.25) is 0 Å². The van der Waals surface area contributed by atoms with Crippen LogP contribution in [0.5, 0.6) is 0 Å². The van der Waals surface area contributed by atoms with Crippen LogP contribution in [0.3, 0.4) is 0 Å². The molecule has 2 saturated carbocycles. The molecule has 3 aliphatic carbocycles. The molecule has 0 spiro atoms. The van der Waals surface area contributed by atoms with E-state index < -0.39 is 17.9 Å². The standard InChI is InChI=1S/C37H43FO2/c1-26(12-10-23-37(40,30-14-6-4-7-15-30)31-16-8-5-9-17-31)33-20-21-34-28(13-11-22-36(33,34)3)18-19-29-24-32(39)25-35(38)27(29)2/h4-10,14-20,23,26,32,34-35,39-40H,2,11-13,21-22,24-25H2,1,3H3/b23-10+,28-18+,29-19-. The molecule has 0 amide bonds. The highest BCUT2D eigenvalue weighted by atomic mass is 19.1. The molecule has 5 unspecified atom stereocenters. The van der Waals surface area contributed by atoms with Crippen molar-refractivity contribution in [2.24, 2.45) is 17.3 Å². The van der Waals surface area contributed by atoms with Gasteiger partial charge < -0.3 is 10.2 Å². The van der Waals surface area contributed by atoms with Crippen molar-refractivity contribution in [3.8, 4) is 0 Å². The van der Waals surface area contributed by atoms with Crippen molar-refractivity contribution in [3.05, 3.63) is 131 Å². The molecule has 5 rings (SSSR count). The Kier molecular flexibility index (Phi) is 8.44. The number of hydrogen-bond donors (Lipinski definition) is 2. The van der Waals surface area contributed by atoms with Gasteiger partial charge >= 0.3 is 0 Å². The van der Waals surface area contributed by atoms with Crippen LogP contribution < -0.4 is 0 Å². The maximum atomic E-state index is 14.3. The van der Waals surface area contributed by atoms with Gasteiger partial charge in [-0.3, -0.25) is 0 Å². The average molecular weight is 539 g/mol. The Balaban J connectivity index is 1.32. The molecule has 210 valence electrons. The summed E-state index contributed by atoms with van der Waals surface area (Å²) in [5, 5.41) is 21.9. The van der Waals surface area contributed by atoms with Crippen molar-refractivity contribution < 1.29 is 14.6 Å². The summed E-state index contributed by atoms with van der Waals surface area (Å²) < 4.78 is 14.3. The van der Waals surface area contributed by atoms with Crippen molar-refractivity contribution in [1.82, 2.24) is 0 Å². The first-order chi connectivity index (χ1) is 19.2. The monoisotopic (exact) mass is 538 g/mol. The third-order valence-corrected chi connectivity index (χ3v) is 9.64. The second-order valence-electron chi connectivity index (χ2n) is 12.3. The highest BCUT2D eigenvalue weighted by molar-refractivity contribution is 5.42. The molecule has 3 aliphatic rings. The fourth-order valence-corrected chi connectivity index (χ4v) is 7.36. The lowest BCUT2D eigenvalue weighted by Crippen LogP contribution is -2.32. The molecule has 0 radical (unpaired) electrons. The zero-order valence-electron chi connectivity index (χ0n) is 23.9. The summed E-state index contributed by atoms with van der Waals surface area (Å²) >= 11 is 0. The van der Waals surface area contributed by atoms with E-state index in [-0.39, 0.29) is 11.8 Å². The van der Waals surface area contributed by atoms with Crippen LogP contribution in [0.1, 0.15) is 69.9 Å². The molecule has 2 aromatic carbocycles. The van der Waals surface area contributed by atoms with E-state index in [1.807, 2.05) is 72.8 Å². The molecule has 5 atom stereocenters. The lowest BCUT2D eigenvalue weighted by atomic mass is 9.62. The smallest absolute Gasteiger partial charge is 0.133 e. The van der Waals surface area contributed by atoms with Gasteiger partial charge in [-0.15, -0.1) is 0 Å². The number of aliphatic hydroxyl groups excluding tert-OH is 1. The van der Waals surface area contributed by atoms with Gasteiger partial charge in [-0.1, -0.05) is 117 Å². The second-order valence-corrected chi connectivity index (χ2v) is 12.3. The molecule has 0 aromatic heterocycles. The highest BCUT2D eigenvalue weighted by Crippen LogP contribution is 2.57. The fourth-order valence-electron chi connectivity index (χ4n) is 7.36. The average Bonchev–Trinajstić information content (AvgIpc) is 3.32. The van der Waals surface area contributed by atoms with Crippen LogP contribution in [0.4, 0.5) is 4.39 Å². The first-order valence-corrected chi connectivity index (χ1v) is 14.8. The lowest BCUT2D eigenvalue weighted by Gasteiger charge is -2.42. The van der Waals surface area contributed by atoms with Gasteiger partial charge in [-0.25, -0.2) is 4.39 Å². The number of benzene rings is 2. The first-order valence-electron chi connectivity index (χ1n) is 14.8. The first kappa shape index (κ1) is 28.5. The molecule has 0 heterocycles.